The van der Waals surface area contributed by atoms with Crippen LogP contribution in [0.5, 0.6) is 0 Å². The van der Waals surface area contributed by atoms with E-state index in [2.05, 4.69) is 9.97 Å². The maximum atomic E-state index is 10.9. The van der Waals surface area contributed by atoms with Gasteiger partial charge in [0.05, 0.1) is 22.7 Å². The molecule has 98 valence electrons. The van der Waals surface area contributed by atoms with Gasteiger partial charge in [0.2, 0.25) is 0 Å². The highest BCUT2D eigenvalue weighted by molar-refractivity contribution is 6.29. The van der Waals surface area contributed by atoms with Crippen molar-refractivity contribution >= 4 is 17.3 Å². The van der Waals surface area contributed by atoms with Gasteiger partial charge in [0.1, 0.15) is 17.3 Å². The highest BCUT2D eigenvalue weighted by Gasteiger charge is 2.18. The van der Waals surface area contributed by atoms with Gasteiger partial charge in [0.25, 0.3) is 5.69 Å². The summed E-state index contributed by atoms with van der Waals surface area (Å²) in [6, 6.07) is 2.66. The number of hydrogen-bond acceptors (Lipinski definition) is 4. The van der Waals surface area contributed by atoms with Gasteiger partial charge in [-0.3, -0.25) is 14.7 Å². The Morgan fingerprint density at radius 3 is 2.89 bits per heavy atom. The average Bonchev–Trinajstić information content (AvgIpc) is 2.81. The zero-order chi connectivity index (χ0) is 13.4. The van der Waals surface area contributed by atoms with E-state index >= 15 is 0 Å². The van der Waals surface area contributed by atoms with E-state index in [-0.39, 0.29) is 10.8 Å². The highest BCUT2D eigenvalue weighted by atomic mass is 35.5. The third-order valence-corrected chi connectivity index (χ3v) is 3.45. The van der Waals surface area contributed by atoms with E-state index in [4.69, 9.17) is 11.6 Å². The average molecular weight is 279 g/mol. The van der Waals surface area contributed by atoms with Crippen LogP contribution in [0.1, 0.15) is 24.2 Å². The molecule has 0 saturated carbocycles. The molecule has 0 atom stereocenters. The zero-order valence-corrected chi connectivity index (χ0v) is 10.8. The number of nitro groups is 1. The first-order valence-corrected chi connectivity index (χ1v) is 6.40. The molecule has 0 spiro atoms. The molecular weight excluding hydrogens is 268 g/mol. The van der Waals surface area contributed by atoms with Crippen molar-refractivity contribution in [1.82, 2.24) is 14.5 Å². The molecule has 0 aromatic carbocycles. The zero-order valence-electron chi connectivity index (χ0n) is 10.0. The van der Waals surface area contributed by atoms with Gasteiger partial charge in [-0.15, -0.1) is 0 Å². The highest BCUT2D eigenvalue weighted by Crippen LogP contribution is 2.25. The van der Waals surface area contributed by atoms with Crippen molar-refractivity contribution in [3.63, 3.8) is 0 Å². The maximum absolute atomic E-state index is 10.9. The number of rotatable bonds is 2. The lowest BCUT2D eigenvalue weighted by atomic mass is 10.0. The first-order chi connectivity index (χ1) is 9.15. The Balaban J connectivity index is 2.11. The van der Waals surface area contributed by atoms with Crippen LogP contribution in [0.4, 0.5) is 5.69 Å². The quantitative estimate of drug-likeness (QED) is 0.481. The van der Waals surface area contributed by atoms with E-state index in [0.717, 1.165) is 37.1 Å². The minimum absolute atomic E-state index is 0.0618. The summed E-state index contributed by atoms with van der Waals surface area (Å²) in [6.07, 6.45) is 5.76. The number of aromatic nitrogens is 3. The van der Waals surface area contributed by atoms with Crippen LogP contribution in [0.25, 0.3) is 5.82 Å². The third kappa shape index (κ3) is 2.19. The smallest absolute Gasteiger partial charge is 0.276 e. The van der Waals surface area contributed by atoms with E-state index < -0.39 is 4.92 Å². The number of nitrogens with zero attached hydrogens (tertiary/aromatic N) is 4. The van der Waals surface area contributed by atoms with Crippen LogP contribution in [0.15, 0.2) is 18.5 Å². The number of hydrogen-bond donors (Lipinski definition) is 0. The Bertz CT molecular complexity index is 653. The molecule has 19 heavy (non-hydrogen) atoms. The molecule has 2 aromatic heterocycles. The molecule has 7 heteroatoms. The SMILES string of the molecule is O=[N+]([O-])c1cc(Cl)nc(-n2cnc3c2CCCC3)c1. The third-order valence-electron chi connectivity index (χ3n) is 3.25. The van der Waals surface area contributed by atoms with Gasteiger partial charge in [0, 0.05) is 5.69 Å². The molecule has 1 aliphatic carbocycles. The number of halogens is 1. The largest absolute Gasteiger partial charge is 0.287 e. The molecule has 3 rings (SSSR count). The fourth-order valence-corrected chi connectivity index (χ4v) is 2.56. The van der Waals surface area contributed by atoms with E-state index in [1.54, 1.807) is 10.9 Å². The van der Waals surface area contributed by atoms with Gasteiger partial charge in [-0.05, 0) is 25.7 Å². The normalized spacial score (nSPS) is 14.2. The second-order valence-corrected chi connectivity index (χ2v) is 4.87. The van der Waals surface area contributed by atoms with Crippen molar-refractivity contribution in [1.29, 1.82) is 0 Å². The van der Waals surface area contributed by atoms with Crippen LogP contribution in [0.2, 0.25) is 5.15 Å². The molecule has 0 saturated heterocycles. The molecule has 1 aliphatic rings. The van der Waals surface area contributed by atoms with E-state index in [1.165, 1.54) is 12.1 Å². The van der Waals surface area contributed by atoms with Crippen molar-refractivity contribution in [3.8, 4) is 5.82 Å². The van der Waals surface area contributed by atoms with Crippen LogP contribution in [0, 0.1) is 10.1 Å². The van der Waals surface area contributed by atoms with Crippen LogP contribution >= 0.6 is 11.6 Å². The second-order valence-electron chi connectivity index (χ2n) is 4.48. The summed E-state index contributed by atoms with van der Waals surface area (Å²) in [7, 11) is 0. The first kappa shape index (κ1) is 12.1. The molecule has 0 N–H and O–H groups in total. The Kier molecular flexibility index (Phi) is 2.94. The minimum Gasteiger partial charge on any atom is -0.287 e. The van der Waals surface area contributed by atoms with Gasteiger partial charge in [-0.1, -0.05) is 11.6 Å². The fourth-order valence-electron chi connectivity index (χ4n) is 2.37. The molecule has 0 bridgehead atoms. The molecule has 0 amide bonds. The summed E-state index contributed by atoms with van der Waals surface area (Å²) in [5.41, 5.74) is 2.07. The fraction of sp³-hybridized carbons (Fsp3) is 0.333. The van der Waals surface area contributed by atoms with Gasteiger partial charge in [0.15, 0.2) is 0 Å². The van der Waals surface area contributed by atoms with Crippen molar-refractivity contribution in [2.24, 2.45) is 0 Å². The van der Waals surface area contributed by atoms with Crippen LogP contribution in [-0.2, 0) is 12.8 Å². The van der Waals surface area contributed by atoms with E-state index in [0.29, 0.717) is 5.82 Å². The standard InChI is InChI=1S/C12H11ClN4O2/c13-11-5-8(17(18)19)6-12(15-11)16-7-14-9-3-1-2-4-10(9)16/h5-7H,1-4H2. The first-order valence-electron chi connectivity index (χ1n) is 6.02. The van der Waals surface area contributed by atoms with Gasteiger partial charge >= 0.3 is 0 Å². The molecular formula is C12H11ClN4O2. The summed E-state index contributed by atoms with van der Waals surface area (Å²) in [5, 5.41) is 11.0. The molecule has 6 nitrogen and oxygen atoms in total. The summed E-state index contributed by atoms with van der Waals surface area (Å²) in [6.45, 7) is 0. The number of aryl methyl sites for hydroxylation is 1. The van der Waals surface area contributed by atoms with Crippen molar-refractivity contribution < 1.29 is 4.92 Å². The molecule has 2 heterocycles. The van der Waals surface area contributed by atoms with Crippen molar-refractivity contribution in [2.45, 2.75) is 25.7 Å². The Morgan fingerprint density at radius 2 is 2.11 bits per heavy atom. The van der Waals surface area contributed by atoms with Gasteiger partial charge in [-0.25, -0.2) is 9.97 Å². The van der Waals surface area contributed by atoms with Crippen molar-refractivity contribution in [2.75, 3.05) is 0 Å². The van der Waals surface area contributed by atoms with Crippen LogP contribution in [-0.4, -0.2) is 19.5 Å². The predicted molar refractivity (Wildman–Crippen MR) is 69.7 cm³/mol. The minimum atomic E-state index is -0.472. The maximum Gasteiger partial charge on any atom is 0.276 e. The summed E-state index contributed by atoms with van der Waals surface area (Å²) in [5.74, 6) is 0.454. The lowest BCUT2D eigenvalue weighted by Crippen LogP contribution is -2.08. The number of fused-ring (bicyclic) bond motifs is 1. The molecule has 2 aromatic rings. The lowest BCUT2D eigenvalue weighted by molar-refractivity contribution is -0.384. The summed E-state index contributed by atoms with van der Waals surface area (Å²) >= 11 is 5.84. The van der Waals surface area contributed by atoms with Gasteiger partial charge < -0.3 is 0 Å². The summed E-state index contributed by atoms with van der Waals surface area (Å²) in [4.78, 5) is 18.9. The second kappa shape index (κ2) is 4.62. The van der Waals surface area contributed by atoms with Crippen molar-refractivity contribution in [3.05, 3.63) is 45.1 Å². The summed E-state index contributed by atoms with van der Waals surface area (Å²) < 4.78 is 1.80. The number of imidazole rings is 1. The van der Waals surface area contributed by atoms with E-state index in [1.807, 2.05) is 0 Å². The Morgan fingerprint density at radius 1 is 1.32 bits per heavy atom. The monoisotopic (exact) mass is 278 g/mol. The number of pyridine rings is 1. The van der Waals surface area contributed by atoms with Crippen LogP contribution in [0.3, 0.4) is 0 Å². The van der Waals surface area contributed by atoms with Crippen LogP contribution < -0.4 is 0 Å². The molecule has 0 unspecified atom stereocenters. The predicted octanol–water partition coefficient (Wildman–Crippen LogP) is 2.71. The topological polar surface area (TPSA) is 73.8 Å². The lowest BCUT2D eigenvalue weighted by Gasteiger charge is -2.13. The molecule has 0 fully saturated rings. The Labute approximate surface area is 114 Å². The molecule has 0 radical (unpaired) electrons. The van der Waals surface area contributed by atoms with E-state index in [9.17, 15) is 10.1 Å². The molecule has 0 aliphatic heterocycles. The Hall–Kier alpha value is -1.95. The van der Waals surface area contributed by atoms with Gasteiger partial charge in [-0.2, -0.15) is 0 Å².